The Morgan fingerprint density at radius 2 is 2.55 bits per heavy atom. The van der Waals surface area contributed by atoms with Gasteiger partial charge >= 0.3 is 0 Å². The Bertz CT molecular complexity index is 264. The maximum atomic E-state index is 4.37. The predicted octanol–water partition coefficient (Wildman–Crippen LogP) is 0.627. The lowest BCUT2D eigenvalue weighted by molar-refractivity contribution is 0.580. The Hall–Kier alpha value is -0.830. The van der Waals surface area contributed by atoms with Crippen molar-refractivity contribution in [1.82, 2.24) is 15.1 Å². The van der Waals surface area contributed by atoms with E-state index >= 15 is 0 Å². The van der Waals surface area contributed by atoms with E-state index in [1.165, 1.54) is 17.7 Å². The van der Waals surface area contributed by atoms with Crippen molar-refractivity contribution >= 4 is 0 Å². The van der Waals surface area contributed by atoms with Crippen LogP contribution in [0.3, 0.4) is 0 Å². The number of fused-ring (bicyclic) bond motifs is 1. The van der Waals surface area contributed by atoms with Gasteiger partial charge in [-0.2, -0.15) is 5.10 Å². The molecule has 1 aliphatic rings. The van der Waals surface area contributed by atoms with Gasteiger partial charge in [0.2, 0.25) is 0 Å². The van der Waals surface area contributed by atoms with E-state index in [1.54, 1.807) is 0 Å². The van der Waals surface area contributed by atoms with Crippen molar-refractivity contribution in [3.8, 4) is 0 Å². The molecule has 1 unspecified atom stereocenters. The summed E-state index contributed by atoms with van der Waals surface area (Å²) in [5, 5.41) is 7.65. The Balaban J connectivity index is 2.37. The Kier molecular flexibility index (Phi) is 1.46. The largest absolute Gasteiger partial charge is 0.313 e. The molecule has 3 nitrogen and oxygen atoms in total. The second-order valence-electron chi connectivity index (χ2n) is 3.08. The maximum Gasteiger partial charge on any atom is 0.0673 e. The lowest BCUT2D eigenvalue weighted by Gasteiger charge is -2.05. The summed E-state index contributed by atoms with van der Waals surface area (Å²) in [6.07, 6.45) is 4.44. The molecule has 3 heteroatoms. The van der Waals surface area contributed by atoms with Gasteiger partial charge in [-0.05, 0) is 19.9 Å². The van der Waals surface area contributed by atoms with E-state index < -0.39 is 0 Å². The van der Waals surface area contributed by atoms with Crippen LogP contribution in [0.4, 0.5) is 0 Å². The SMILES string of the molecule is CNC1CCc2nn(C)cc21. The number of hydrogen-bond acceptors (Lipinski definition) is 2. The van der Waals surface area contributed by atoms with Crippen LogP contribution in [0, 0.1) is 0 Å². The van der Waals surface area contributed by atoms with E-state index in [4.69, 9.17) is 0 Å². The van der Waals surface area contributed by atoms with Crippen LogP contribution < -0.4 is 5.32 Å². The second kappa shape index (κ2) is 2.34. The van der Waals surface area contributed by atoms with Gasteiger partial charge in [-0.25, -0.2) is 0 Å². The summed E-state index contributed by atoms with van der Waals surface area (Å²) < 4.78 is 1.90. The zero-order valence-corrected chi connectivity index (χ0v) is 6.96. The fourth-order valence-electron chi connectivity index (χ4n) is 1.77. The molecule has 0 radical (unpaired) electrons. The summed E-state index contributed by atoms with van der Waals surface area (Å²) in [6.45, 7) is 0. The third kappa shape index (κ3) is 0.959. The van der Waals surface area contributed by atoms with Crippen LogP contribution in [-0.4, -0.2) is 16.8 Å². The van der Waals surface area contributed by atoms with E-state index in [-0.39, 0.29) is 0 Å². The van der Waals surface area contributed by atoms with E-state index in [1.807, 2.05) is 18.8 Å². The number of nitrogens with zero attached hydrogens (tertiary/aromatic N) is 2. The predicted molar refractivity (Wildman–Crippen MR) is 43.3 cm³/mol. The van der Waals surface area contributed by atoms with Crippen molar-refractivity contribution < 1.29 is 0 Å². The zero-order chi connectivity index (χ0) is 7.84. The summed E-state index contributed by atoms with van der Waals surface area (Å²) in [5.74, 6) is 0. The third-order valence-electron chi connectivity index (χ3n) is 2.33. The summed E-state index contributed by atoms with van der Waals surface area (Å²) in [4.78, 5) is 0. The summed E-state index contributed by atoms with van der Waals surface area (Å²) >= 11 is 0. The van der Waals surface area contributed by atoms with Gasteiger partial charge in [0, 0.05) is 24.8 Å². The fraction of sp³-hybridized carbons (Fsp3) is 0.625. The first-order valence-electron chi connectivity index (χ1n) is 4.01. The minimum atomic E-state index is 0.540. The summed E-state index contributed by atoms with van der Waals surface area (Å²) in [7, 11) is 3.98. The van der Waals surface area contributed by atoms with Crippen LogP contribution in [0.15, 0.2) is 6.20 Å². The number of nitrogens with one attached hydrogen (secondary N) is 1. The Labute approximate surface area is 66.4 Å². The molecule has 1 aromatic heterocycles. The van der Waals surface area contributed by atoms with Crippen molar-refractivity contribution in [3.05, 3.63) is 17.5 Å². The smallest absolute Gasteiger partial charge is 0.0673 e. The van der Waals surface area contributed by atoms with Crippen LogP contribution in [0.2, 0.25) is 0 Å². The van der Waals surface area contributed by atoms with E-state index in [9.17, 15) is 0 Å². The summed E-state index contributed by atoms with van der Waals surface area (Å²) in [5.41, 5.74) is 2.65. The first kappa shape index (κ1) is 6.85. The third-order valence-corrected chi connectivity index (χ3v) is 2.33. The van der Waals surface area contributed by atoms with Crippen LogP contribution in [0.5, 0.6) is 0 Å². The van der Waals surface area contributed by atoms with Crippen LogP contribution in [0.1, 0.15) is 23.7 Å². The van der Waals surface area contributed by atoms with Crippen molar-refractivity contribution in [2.45, 2.75) is 18.9 Å². The number of aryl methyl sites for hydroxylation is 2. The highest BCUT2D eigenvalue weighted by Gasteiger charge is 2.23. The highest BCUT2D eigenvalue weighted by molar-refractivity contribution is 5.26. The topological polar surface area (TPSA) is 29.9 Å². The quantitative estimate of drug-likeness (QED) is 0.638. The molecule has 11 heavy (non-hydrogen) atoms. The Morgan fingerprint density at radius 1 is 1.73 bits per heavy atom. The molecule has 1 aromatic rings. The first-order valence-corrected chi connectivity index (χ1v) is 4.01. The van der Waals surface area contributed by atoms with Crippen LogP contribution in [0.25, 0.3) is 0 Å². The number of aromatic nitrogens is 2. The van der Waals surface area contributed by atoms with Gasteiger partial charge in [-0.15, -0.1) is 0 Å². The summed E-state index contributed by atoms with van der Waals surface area (Å²) in [6, 6.07) is 0.540. The van der Waals surface area contributed by atoms with Gasteiger partial charge in [0.05, 0.1) is 5.69 Å². The van der Waals surface area contributed by atoms with Gasteiger partial charge < -0.3 is 5.32 Å². The van der Waals surface area contributed by atoms with Gasteiger partial charge in [0.1, 0.15) is 0 Å². The molecule has 0 saturated heterocycles. The molecule has 0 saturated carbocycles. The molecule has 1 atom stereocenters. The average Bonchev–Trinajstić information content (AvgIpc) is 2.45. The van der Waals surface area contributed by atoms with Crippen molar-refractivity contribution in [1.29, 1.82) is 0 Å². The monoisotopic (exact) mass is 151 g/mol. The molecule has 60 valence electrons. The molecule has 0 aliphatic heterocycles. The first-order chi connectivity index (χ1) is 5.31. The van der Waals surface area contributed by atoms with E-state index in [2.05, 4.69) is 16.6 Å². The molecular weight excluding hydrogens is 138 g/mol. The Morgan fingerprint density at radius 3 is 3.27 bits per heavy atom. The molecule has 2 rings (SSSR count). The van der Waals surface area contributed by atoms with Gasteiger partial charge in [0.25, 0.3) is 0 Å². The molecule has 0 spiro atoms. The van der Waals surface area contributed by atoms with E-state index in [0.717, 1.165) is 6.42 Å². The van der Waals surface area contributed by atoms with Crippen molar-refractivity contribution in [2.75, 3.05) is 7.05 Å². The molecule has 1 heterocycles. The van der Waals surface area contributed by atoms with Gasteiger partial charge in [-0.1, -0.05) is 0 Å². The van der Waals surface area contributed by atoms with Crippen molar-refractivity contribution in [2.24, 2.45) is 7.05 Å². The minimum absolute atomic E-state index is 0.540. The lowest BCUT2D eigenvalue weighted by atomic mass is 10.2. The molecule has 0 amide bonds. The number of rotatable bonds is 1. The molecule has 1 N–H and O–H groups in total. The molecule has 0 fully saturated rings. The highest BCUT2D eigenvalue weighted by Crippen LogP contribution is 2.28. The number of hydrogen-bond donors (Lipinski definition) is 1. The molecule has 0 aromatic carbocycles. The average molecular weight is 151 g/mol. The normalized spacial score (nSPS) is 22.2. The minimum Gasteiger partial charge on any atom is -0.313 e. The maximum absolute atomic E-state index is 4.37. The molecule has 1 aliphatic carbocycles. The standard InChI is InChI=1S/C8H13N3/c1-9-7-3-4-8-6(7)5-11(2)10-8/h5,7,9H,3-4H2,1-2H3. The van der Waals surface area contributed by atoms with Gasteiger partial charge in [-0.3, -0.25) is 4.68 Å². The lowest BCUT2D eigenvalue weighted by Crippen LogP contribution is -2.12. The van der Waals surface area contributed by atoms with E-state index in [0.29, 0.717) is 6.04 Å². The molecule has 0 bridgehead atoms. The zero-order valence-electron chi connectivity index (χ0n) is 6.96. The fourth-order valence-corrected chi connectivity index (χ4v) is 1.77. The van der Waals surface area contributed by atoms with Crippen LogP contribution in [-0.2, 0) is 13.5 Å². The van der Waals surface area contributed by atoms with Crippen LogP contribution >= 0.6 is 0 Å². The van der Waals surface area contributed by atoms with Gasteiger partial charge in [0.15, 0.2) is 0 Å². The highest BCUT2D eigenvalue weighted by atomic mass is 15.3. The molecular formula is C8H13N3. The second-order valence-corrected chi connectivity index (χ2v) is 3.08. The van der Waals surface area contributed by atoms with Crippen molar-refractivity contribution in [3.63, 3.8) is 0 Å².